The van der Waals surface area contributed by atoms with Gasteiger partial charge in [0.2, 0.25) is 5.95 Å². The monoisotopic (exact) mass is 336 g/mol. The highest BCUT2D eigenvalue weighted by molar-refractivity contribution is 5.64. The minimum atomic E-state index is 0.556. The second-order valence-corrected chi connectivity index (χ2v) is 5.89. The smallest absolute Gasteiger partial charge is 0.225 e. The van der Waals surface area contributed by atoms with Crippen LogP contribution >= 0.6 is 0 Å². The van der Waals surface area contributed by atoms with Crippen LogP contribution in [0.2, 0.25) is 0 Å². The Morgan fingerprint density at radius 3 is 2.60 bits per heavy atom. The molecule has 0 radical (unpaired) electrons. The van der Waals surface area contributed by atoms with Gasteiger partial charge in [-0.15, -0.1) is 0 Å². The molecule has 1 aromatic carbocycles. The van der Waals surface area contributed by atoms with Crippen LogP contribution in [0.1, 0.15) is 31.9 Å². The maximum absolute atomic E-state index is 5.36. The zero-order valence-electron chi connectivity index (χ0n) is 14.5. The van der Waals surface area contributed by atoms with Crippen molar-refractivity contribution in [3.05, 3.63) is 60.6 Å². The maximum Gasteiger partial charge on any atom is 0.225 e. The highest BCUT2D eigenvalue weighted by Gasteiger charge is 2.07. The van der Waals surface area contributed by atoms with Gasteiger partial charge >= 0.3 is 0 Å². The van der Waals surface area contributed by atoms with E-state index in [-0.39, 0.29) is 0 Å². The van der Waals surface area contributed by atoms with Crippen molar-refractivity contribution in [2.75, 3.05) is 17.2 Å². The summed E-state index contributed by atoms with van der Waals surface area (Å²) in [6, 6.07) is 15.9. The standard InChI is InChI=1S/C20H24N4O/c1-2-3-7-12-21-19-14-18(16-9-5-4-6-10-16)23-20(24-19)22-15-17-11-8-13-25-17/h4-6,8-11,13-14H,2-3,7,12,15H2,1H3,(H2,21,22,23,24). The van der Waals surface area contributed by atoms with Gasteiger partial charge in [-0.25, -0.2) is 4.98 Å². The molecule has 0 spiro atoms. The van der Waals surface area contributed by atoms with E-state index < -0.39 is 0 Å². The first kappa shape index (κ1) is 17.0. The van der Waals surface area contributed by atoms with Crippen LogP contribution in [0.4, 0.5) is 11.8 Å². The second-order valence-electron chi connectivity index (χ2n) is 5.89. The SMILES string of the molecule is CCCCCNc1cc(-c2ccccc2)nc(NCc2ccco2)n1. The van der Waals surface area contributed by atoms with Gasteiger partial charge in [0.25, 0.3) is 0 Å². The third-order valence-electron chi connectivity index (χ3n) is 3.88. The van der Waals surface area contributed by atoms with Crippen LogP contribution in [0, 0.1) is 0 Å². The van der Waals surface area contributed by atoms with Crippen molar-refractivity contribution < 1.29 is 4.42 Å². The molecular formula is C20H24N4O. The van der Waals surface area contributed by atoms with Gasteiger partial charge in [0.1, 0.15) is 11.6 Å². The molecule has 2 heterocycles. The molecule has 0 bridgehead atoms. The molecule has 0 atom stereocenters. The zero-order chi connectivity index (χ0) is 17.3. The first-order valence-electron chi connectivity index (χ1n) is 8.80. The quantitative estimate of drug-likeness (QED) is 0.541. The number of nitrogens with zero attached hydrogens (tertiary/aromatic N) is 2. The molecule has 25 heavy (non-hydrogen) atoms. The van der Waals surface area contributed by atoms with Crippen molar-refractivity contribution in [1.29, 1.82) is 0 Å². The van der Waals surface area contributed by atoms with Gasteiger partial charge in [0.05, 0.1) is 18.5 Å². The van der Waals surface area contributed by atoms with Gasteiger partial charge in [-0.1, -0.05) is 50.1 Å². The summed E-state index contributed by atoms with van der Waals surface area (Å²) in [7, 11) is 0. The lowest BCUT2D eigenvalue weighted by atomic mass is 10.1. The third kappa shape index (κ3) is 5.08. The van der Waals surface area contributed by atoms with Gasteiger partial charge in [0, 0.05) is 18.2 Å². The minimum absolute atomic E-state index is 0.556. The van der Waals surface area contributed by atoms with Crippen LogP contribution in [0.25, 0.3) is 11.3 Å². The molecule has 0 fully saturated rings. The van der Waals surface area contributed by atoms with Crippen LogP contribution in [0.3, 0.4) is 0 Å². The number of benzene rings is 1. The Hall–Kier alpha value is -2.82. The molecule has 0 aliphatic rings. The Morgan fingerprint density at radius 1 is 0.960 bits per heavy atom. The molecule has 0 amide bonds. The van der Waals surface area contributed by atoms with Crippen molar-refractivity contribution in [1.82, 2.24) is 9.97 Å². The lowest BCUT2D eigenvalue weighted by molar-refractivity contribution is 0.517. The number of hydrogen-bond acceptors (Lipinski definition) is 5. The summed E-state index contributed by atoms with van der Waals surface area (Å²) in [4.78, 5) is 9.22. The third-order valence-corrected chi connectivity index (χ3v) is 3.88. The fourth-order valence-electron chi connectivity index (χ4n) is 2.54. The van der Waals surface area contributed by atoms with Crippen LogP contribution in [-0.2, 0) is 6.54 Å². The van der Waals surface area contributed by atoms with Gasteiger partial charge in [-0.05, 0) is 18.6 Å². The fraction of sp³-hybridized carbons (Fsp3) is 0.300. The Kier molecular flexibility index (Phi) is 6.04. The van der Waals surface area contributed by atoms with Gasteiger partial charge in [-0.2, -0.15) is 4.98 Å². The predicted molar refractivity (Wildman–Crippen MR) is 102 cm³/mol. The van der Waals surface area contributed by atoms with Crippen molar-refractivity contribution in [3.8, 4) is 11.3 Å². The summed E-state index contributed by atoms with van der Waals surface area (Å²) in [5.74, 6) is 2.29. The van der Waals surface area contributed by atoms with Gasteiger partial charge < -0.3 is 15.1 Å². The van der Waals surface area contributed by atoms with Crippen LogP contribution in [0.15, 0.2) is 59.2 Å². The lowest BCUT2D eigenvalue weighted by Crippen LogP contribution is -2.08. The predicted octanol–water partition coefficient (Wildman–Crippen LogP) is 4.95. The normalized spacial score (nSPS) is 10.6. The summed E-state index contributed by atoms with van der Waals surface area (Å²) in [6.45, 7) is 3.67. The summed E-state index contributed by atoms with van der Waals surface area (Å²) in [6.07, 6.45) is 5.22. The highest BCUT2D eigenvalue weighted by Crippen LogP contribution is 2.21. The van der Waals surface area contributed by atoms with Crippen molar-refractivity contribution in [3.63, 3.8) is 0 Å². The molecule has 5 heteroatoms. The molecule has 3 rings (SSSR count). The molecule has 0 saturated heterocycles. The Bertz CT molecular complexity index is 757. The molecule has 0 aliphatic carbocycles. The number of rotatable bonds is 9. The summed E-state index contributed by atoms with van der Waals surface area (Å²) >= 11 is 0. The molecule has 5 nitrogen and oxygen atoms in total. The lowest BCUT2D eigenvalue weighted by Gasteiger charge is -2.11. The van der Waals surface area contributed by atoms with E-state index in [0.717, 1.165) is 35.8 Å². The zero-order valence-corrected chi connectivity index (χ0v) is 14.5. The molecule has 130 valence electrons. The Balaban J connectivity index is 1.77. The van der Waals surface area contributed by atoms with Crippen LogP contribution in [-0.4, -0.2) is 16.5 Å². The average molecular weight is 336 g/mol. The fourth-order valence-corrected chi connectivity index (χ4v) is 2.54. The molecule has 2 aromatic heterocycles. The number of aromatic nitrogens is 2. The number of anilines is 2. The molecule has 0 unspecified atom stereocenters. The van der Waals surface area contributed by atoms with E-state index in [1.54, 1.807) is 6.26 Å². The van der Waals surface area contributed by atoms with E-state index >= 15 is 0 Å². The first-order valence-corrected chi connectivity index (χ1v) is 8.80. The van der Waals surface area contributed by atoms with Crippen LogP contribution < -0.4 is 10.6 Å². The molecule has 2 N–H and O–H groups in total. The summed E-state index contributed by atoms with van der Waals surface area (Å²) in [5.41, 5.74) is 1.97. The molecule has 0 aliphatic heterocycles. The van der Waals surface area contributed by atoms with E-state index in [0.29, 0.717) is 12.5 Å². The largest absolute Gasteiger partial charge is 0.467 e. The first-order chi connectivity index (χ1) is 12.3. The van der Waals surface area contributed by atoms with Crippen LogP contribution in [0.5, 0.6) is 0 Å². The highest BCUT2D eigenvalue weighted by atomic mass is 16.3. The van der Waals surface area contributed by atoms with Crippen molar-refractivity contribution in [2.45, 2.75) is 32.7 Å². The number of nitrogens with one attached hydrogen (secondary N) is 2. The van der Waals surface area contributed by atoms with Gasteiger partial charge in [0.15, 0.2) is 0 Å². The molecular weight excluding hydrogens is 312 g/mol. The summed E-state index contributed by atoms with van der Waals surface area (Å²) in [5, 5.41) is 6.65. The van der Waals surface area contributed by atoms with E-state index in [4.69, 9.17) is 4.42 Å². The van der Waals surface area contributed by atoms with Crippen molar-refractivity contribution >= 4 is 11.8 Å². The van der Waals surface area contributed by atoms with Gasteiger partial charge in [-0.3, -0.25) is 0 Å². The second kappa shape index (κ2) is 8.87. The summed E-state index contributed by atoms with van der Waals surface area (Å²) < 4.78 is 5.36. The maximum atomic E-state index is 5.36. The molecule has 3 aromatic rings. The van der Waals surface area contributed by atoms with E-state index in [9.17, 15) is 0 Å². The minimum Gasteiger partial charge on any atom is -0.467 e. The number of unbranched alkanes of at least 4 members (excludes halogenated alkanes) is 2. The molecule has 0 saturated carbocycles. The van der Waals surface area contributed by atoms with Crippen molar-refractivity contribution in [2.24, 2.45) is 0 Å². The Labute approximate surface area is 148 Å². The average Bonchev–Trinajstić information content (AvgIpc) is 3.18. The van der Waals surface area contributed by atoms with E-state index in [2.05, 4.69) is 39.7 Å². The number of furan rings is 1. The van der Waals surface area contributed by atoms with E-state index in [1.165, 1.54) is 12.8 Å². The topological polar surface area (TPSA) is 63.0 Å². The van der Waals surface area contributed by atoms with E-state index in [1.807, 2.05) is 36.4 Å². The Morgan fingerprint density at radius 2 is 1.84 bits per heavy atom. The number of hydrogen-bond donors (Lipinski definition) is 2.